The van der Waals surface area contributed by atoms with Crippen molar-refractivity contribution in [2.45, 2.75) is 19.4 Å². The number of nitrogens with zero attached hydrogens (tertiary/aromatic N) is 5. The van der Waals surface area contributed by atoms with Crippen molar-refractivity contribution in [2.24, 2.45) is 0 Å². The molecule has 9 heteroatoms. The van der Waals surface area contributed by atoms with Gasteiger partial charge in [0.2, 0.25) is 5.91 Å². The molecule has 154 valence electrons. The number of benzene rings is 1. The minimum atomic E-state index is -0.917. The average molecular weight is 407 g/mol. The van der Waals surface area contributed by atoms with Crippen LogP contribution in [0.4, 0.5) is 0 Å². The Morgan fingerprint density at radius 2 is 1.57 bits per heavy atom. The Kier molecular flexibility index (Phi) is 5.26. The normalized spacial score (nSPS) is 17.6. The van der Waals surface area contributed by atoms with Crippen LogP contribution in [0.25, 0.3) is 0 Å². The number of carbonyl (C=O) groups excluding carboxylic acids is 4. The third-order valence-corrected chi connectivity index (χ3v) is 5.45. The summed E-state index contributed by atoms with van der Waals surface area (Å²) in [6.45, 7) is 3.16. The number of carbonyl (C=O) groups is 4. The standard InChI is InChI=1S/C21H21N5O4/c1-14(26-19(28)15-5-2-3-6-16(15)20(26)29)18(27)24-9-4-10-25(12-11-24)21(30)17-13-22-7-8-23-17/h2-3,5-8,13-14H,4,9-12H2,1H3. The highest BCUT2D eigenvalue weighted by Crippen LogP contribution is 2.25. The molecule has 2 aliphatic heterocycles. The van der Waals surface area contributed by atoms with E-state index in [9.17, 15) is 19.2 Å². The predicted molar refractivity (Wildman–Crippen MR) is 106 cm³/mol. The molecule has 0 radical (unpaired) electrons. The average Bonchev–Trinajstić information content (AvgIpc) is 2.94. The molecule has 9 nitrogen and oxygen atoms in total. The molecule has 1 unspecified atom stereocenters. The van der Waals surface area contributed by atoms with Gasteiger partial charge in [-0.25, -0.2) is 4.98 Å². The summed E-state index contributed by atoms with van der Waals surface area (Å²) in [5, 5.41) is 0. The van der Waals surface area contributed by atoms with E-state index in [0.717, 1.165) is 4.90 Å². The van der Waals surface area contributed by atoms with Crippen LogP contribution in [0.3, 0.4) is 0 Å². The van der Waals surface area contributed by atoms with Crippen LogP contribution in [-0.2, 0) is 4.79 Å². The van der Waals surface area contributed by atoms with E-state index in [1.807, 2.05) is 0 Å². The zero-order valence-corrected chi connectivity index (χ0v) is 16.5. The molecule has 0 spiro atoms. The second-order valence-electron chi connectivity index (χ2n) is 7.26. The van der Waals surface area contributed by atoms with E-state index < -0.39 is 17.9 Å². The van der Waals surface area contributed by atoms with E-state index in [2.05, 4.69) is 9.97 Å². The number of hydrogen-bond acceptors (Lipinski definition) is 6. The van der Waals surface area contributed by atoms with Crippen LogP contribution in [0, 0.1) is 0 Å². The summed E-state index contributed by atoms with van der Waals surface area (Å²) in [6.07, 6.45) is 4.97. The van der Waals surface area contributed by atoms with Gasteiger partial charge in [0.15, 0.2) is 0 Å². The molecule has 0 bridgehead atoms. The molecule has 4 amide bonds. The van der Waals surface area contributed by atoms with Gasteiger partial charge in [-0.05, 0) is 25.5 Å². The van der Waals surface area contributed by atoms with Crippen molar-refractivity contribution < 1.29 is 19.2 Å². The smallest absolute Gasteiger partial charge is 0.274 e. The Hall–Kier alpha value is -3.62. The highest BCUT2D eigenvalue weighted by molar-refractivity contribution is 6.22. The zero-order chi connectivity index (χ0) is 21.3. The zero-order valence-electron chi connectivity index (χ0n) is 16.5. The molecule has 30 heavy (non-hydrogen) atoms. The molecule has 1 fully saturated rings. The molecular weight excluding hydrogens is 386 g/mol. The lowest BCUT2D eigenvalue weighted by molar-refractivity contribution is -0.134. The Bertz CT molecular complexity index is 974. The SMILES string of the molecule is CC(C(=O)N1CCCN(C(=O)c2cnccn2)CC1)N1C(=O)c2ccccc2C1=O. The molecular formula is C21H21N5O4. The van der Waals surface area contributed by atoms with E-state index in [1.165, 1.54) is 18.6 Å². The van der Waals surface area contributed by atoms with Gasteiger partial charge in [-0.1, -0.05) is 12.1 Å². The highest BCUT2D eigenvalue weighted by Gasteiger charge is 2.42. The number of aromatic nitrogens is 2. The van der Waals surface area contributed by atoms with Crippen LogP contribution in [0.2, 0.25) is 0 Å². The van der Waals surface area contributed by atoms with Crippen molar-refractivity contribution in [3.8, 4) is 0 Å². The summed E-state index contributed by atoms with van der Waals surface area (Å²) in [5.74, 6) is -1.44. The van der Waals surface area contributed by atoms with E-state index in [0.29, 0.717) is 43.7 Å². The maximum atomic E-state index is 13.1. The molecule has 2 aliphatic rings. The van der Waals surface area contributed by atoms with Gasteiger partial charge in [0, 0.05) is 38.6 Å². The fourth-order valence-corrected chi connectivity index (χ4v) is 3.85. The second-order valence-corrected chi connectivity index (χ2v) is 7.26. The van der Waals surface area contributed by atoms with E-state index >= 15 is 0 Å². The fourth-order valence-electron chi connectivity index (χ4n) is 3.85. The molecule has 0 saturated carbocycles. The molecule has 3 heterocycles. The first-order chi connectivity index (χ1) is 14.5. The quantitative estimate of drug-likeness (QED) is 0.699. The molecule has 0 N–H and O–H groups in total. The van der Waals surface area contributed by atoms with E-state index in [4.69, 9.17) is 0 Å². The van der Waals surface area contributed by atoms with Gasteiger partial charge < -0.3 is 9.80 Å². The fraction of sp³-hybridized carbons (Fsp3) is 0.333. The van der Waals surface area contributed by atoms with Crippen LogP contribution in [0.15, 0.2) is 42.9 Å². The van der Waals surface area contributed by atoms with Crippen LogP contribution >= 0.6 is 0 Å². The topological polar surface area (TPSA) is 104 Å². The summed E-state index contributed by atoms with van der Waals surface area (Å²) in [6, 6.07) is 5.65. The Labute approximate surface area is 173 Å². The van der Waals surface area contributed by atoms with E-state index in [-0.39, 0.29) is 17.5 Å². The van der Waals surface area contributed by atoms with Gasteiger partial charge in [-0.3, -0.25) is 29.1 Å². The molecule has 1 aromatic carbocycles. The highest BCUT2D eigenvalue weighted by atomic mass is 16.2. The van der Waals surface area contributed by atoms with Gasteiger partial charge in [0.1, 0.15) is 11.7 Å². The minimum Gasteiger partial charge on any atom is -0.339 e. The second kappa shape index (κ2) is 8.02. The summed E-state index contributed by atoms with van der Waals surface area (Å²) in [4.78, 5) is 63.3. The summed E-state index contributed by atoms with van der Waals surface area (Å²) in [7, 11) is 0. The van der Waals surface area contributed by atoms with E-state index in [1.54, 1.807) is 41.0 Å². The molecule has 0 aliphatic carbocycles. The largest absolute Gasteiger partial charge is 0.339 e. The maximum absolute atomic E-state index is 13.1. The van der Waals surface area contributed by atoms with Gasteiger partial charge in [-0.15, -0.1) is 0 Å². The number of rotatable bonds is 3. The lowest BCUT2D eigenvalue weighted by Crippen LogP contribution is -2.50. The van der Waals surface area contributed by atoms with Crippen molar-refractivity contribution in [1.82, 2.24) is 24.7 Å². The predicted octanol–water partition coefficient (Wildman–Crippen LogP) is 0.836. The van der Waals surface area contributed by atoms with Gasteiger partial charge in [0.25, 0.3) is 17.7 Å². The van der Waals surface area contributed by atoms with Crippen molar-refractivity contribution in [1.29, 1.82) is 0 Å². The first-order valence-electron chi connectivity index (χ1n) is 9.80. The van der Waals surface area contributed by atoms with Crippen molar-refractivity contribution in [3.05, 3.63) is 59.7 Å². The first-order valence-corrected chi connectivity index (χ1v) is 9.80. The number of imide groups is 1. The lowest BCUT2D eigenvalue weighted by atomic mass is 10.1. The van der Waals surface area contributed by atoms with Crippen LogP contribution in [-0.4, -0.2) is 80.5 Å². The molecule has 2 aromatic rings. The minimum absolute atomic E-state index is 0.231. The van der Waals surface area contributed by atoms with Crippen LogP contribution < -0.4 is 0 Å². The Morgan fingerprint density at radius 3 is 2.20 bits per heavy atom. The maximum Gasteiger partial charge on any atom is 0.274 e. The summed E-state index contributed by atoms with van der Waals surface area (Å²) < 4.78 is 0. The first kappa shape index (κ1) is 19.7. The summed E-state index contributed by atoms with van der Waals surface area (Å²) in [5.41, 5.74) is 0.897. The van der Waals surface area contributed by atoms with Crippen LogP contribution in [0.5, 0.6) is 0 Å². The Morgan fingerprint density at radius 1 is 0.933 bits per heavy atom. The third-order valence-electron chi connectivity index (χ3n) is 5.45. The molecule has 1 aromatic heterocycles. The molecule has 4 rings (SSSR count). The summed E-state index contributed by atoms with van der Waals surface area (Å²) >= 11 is 0. The van der Waals surface area contributed by atoms with Gasteiger partial charge >= 0.3 is 0 Å². The lowest BCUT2D eigenvalue weighted by Gasteiger charge is -2.28. The van der Waals surface area contributed by atoms with Crippen molar-refractivity contribution >= 4 is 23.6 Å². The molecule has 1 saturated heterocycles. The van der Waals surface area contributed by atoms with Crippen molar-refractivity contribution in [3.63, 3.8) is 0 Å². The number of hydrogen-bond donors (Lipinski definition) is 0. The van der Waals surface area contributed by atoms with Crippen LogP contribution in [0.1, 0.15) is 44.5 Å². The van der Waals surface area contributed by atoms with Crippen molar-refractivity contribution in [2.75, 3.05) is 26.2 Å². The monoisotopic (exact) mass is 407 g/mol. The Balaban J connectivity index is 1.44. The number of amides is 4. The number of fused-ring (bicyclic) bond motifs is 1. The van der Waals surface area contributed by atoms with Gasteiger partial charge in [0.05, 0.1) is 17.3 Å². The third kappa shape index (κ3) is 3.42. The van der Waals surface area contributed by atoms with Gasteiger partial charge in [-0.2, -0.15) is 0 Å². The molecule has 1 atom stereocenters.